The van der Waals surface area contributed by atoms with Gasteiger partial charge in [0.15, 0.2) is 15.0 Å². The molecule has 0 radical (unpaired) electrons. The van der Waals surface area contributed by atoms with Crippen LogP contribution in [0.5, 0.6) is 0 Å². The van der Waals surface area contributed by atoms with E-state index in [9.17, 15) is 39.6 Å². The number of amidine groups is 1. The number of halogens is 6. The number of hydrogen-bond donors (Lipinski definition) is 0. The number of thioether (sulfide) groups is 1. The van der Waals surface area contributed by atoms with Gasteiger partial charge >= 0.3 is 12.4 Å². The second kappa shape index (κ2) is 8.84. The summed E-state index contributed by atoms with van der Waals surface area (Å²) in [5.41, 5.74) is -2.01. The summed E-state index contributed by atoms with van der Waals surface area (Å²) >= 11 is 0.868. The zero-order chi connectivity index (χ0) is 25.8. The van der Waals surface area contributed by atoms with Gasteiger partial charge in [-0.15, -0.1) is 0 Å². The number of aryl methyl sites for hydroxylation is 1. The molecule has 0 saturated carbocycles. The summed E-state index contributed by atoms with van der Waals surface area (Å²) in [5.74, 6) is -1.46. The molecule has 2 aliphatic rings. The summed E-state index contributed by atoms with van der Waals surface area (Å²) in [6.07, 6.45) is -10.3. The van der Waals surface area contributed by atoms with Gasteiger partial charge in [-0.3, -0.25) is 4.79 Å². The minimum atomic E-state index is -5.08. The van der Waals surface area contributed by atoms with Crippen molar-refractivity contribution in [3.05, 3.63) is 64.7 Å². The van der Waals surface area contributed by atoms with Gasteiger partial charge in [0.1, 0.15) is 0 Å². The lowest BCUT2D eigenvalue weighted by Gasteiger charge is -2.26. The third-order valence-corrected chi connectivity index (χ3v) is 8.82. The van der Waals surface area contributed by atoms with E-state index in [0.717, 1.165) is 22.2 Å². The average molecular weight is 537 g/mol. The lowest BCUT2D eigenvalue weighted by atomic mass is 10.1. The Kier molecular flexibility index (Phi) is 6.45. The molecular weight excluding hydrogens is 518 g/mol. The molecule has 2 aromatic carbocycles. The third kappa shape index (κ3) is 5.66. The maximum atomic E-state index is 13.4. The summed E-state index contributed by atoms with van der Waals surface area (Å²) < 4.78 is 105. The zero-order valence-electron chi connectivity index (χ0n) is 18.0. The van der Waals surface area contributed by atoms with E-state index in [1.807, 2.05) is 6.92 Å². The van der Waals surface area contributed by atoms with Crippen LogP contribution < -0.4 is 4.90 Å². The number of carbonyl (C=O) groups excluding carboxylic acids is 1. The number of amides is 1. The highest BCUT2D eigenvalue weighted by atomic mass is 32.2. The molecule has 0 aromatic heterocycles. The number of carbonyl (C=O) groups is 1. The van der Waals surface area contributed by atoms with E-state index in [-0.39, 0.29) is 23.4 Å². The molecule has 0 bridgehead atoms. The maximum Gasteiger partial charge on any atom is 0.416 e. The van der Waals surface area contributed by atoms with Crippen LogP contribution in [0.1, 0.15) is 22.3 Å². The lowest BCUT2D eigenvalue weighted by molar-refractivity contribution is -0.143. The predicted octanol–water partition coefficient (Wildman–Crippen LogP) is 4.88. The summed E-state index contributed by atoms with van der Waals surface area (Å²) in [5, 5.41) is -0.811. The predicted molar refractivity (Wildman–Crippen MR) is 120 cm³/mol. The molecule has 13 heteroatoms. The Balaban J connectivity index is 1.77. The average Bonchev–Trinajstić information content (AvgIpc) is 3.18. The molecule has 0 aliphatic carbocycles. The Morgan fingerprint density at radius 3 is 2.11 bits per heavy atom. The number of fused-ring (bicyclic) bond motifs is 1. The van der Waals surface area contributed by atoms with Crippen LogP contribution in [0.25, 0.3) is 0 Å². The Labute approximate surface area is 201 Å². The zero-order valence-corrected chi connectivity index (χ0v) is 19.7. The van der Waals surface area contributed by atoms with Crippen molar-refractivity contribution in [2.24, 2.45) is 4.99 Å². The van der Waals surface area contributed by atoms with Crippen molar-refractivity contribution in [2.45, 2.75) is 37.0 Å². The molecule has 35 heavy (non-hydrogen) atoms. The smallest absolute Gasteiger partial charge is 0.316 e. The van der Waals surface area contributed by atoms with Gasteiger partial charge in [0, 0.05) is 10.9 Å². The molecule has 0 N–H and O–H groups in total. The standard InChI is InChI=1S/C22H18F6N2O3S2/c1-12-2-4-13(5-3-12)6-19(31)29-20-30(17-10-35(32,33)11-18(17)34-20)16-8-14(21(23,24)25)7-15(9-16)22(26,27)28/h2-5,7-9,17-18H,6,10-11H2,1H3. The van der Waals surface area contributed by atoms with E-state index in [1.54, 1.807) is 24.3 Å². The molecule has 2 aliphatic heterocycles. The van der Waals surface area contributed by atoms with Gasteiger partial charge in [-0.25, -0.2) is 8.42 Å². The van der Waals surface area contributed by atoms with Crippen LogP contribution in [0.4, 0.5) is 32.0 Å². The van der Waals surface area contributed by atoms with Crippen LogP contribution in [-0.2, 0) is 33.4 Å². The fourth-order valence-corrected chi connectivity index (χ4v) is 7.90. The van der Waals surface area contributed by atoms with Crippen LogP contribution in [0.15, 0.2) is 47.5 Å². The summed E-state index contributed by atoms with van der Waals surface area (Å²) in [4.78, 5) is 17.6. The van der Waals surface area contributed by atoms with E-state index in [1.165, 1.54) is 0 Å². The van der Waals surface area contributed by atoms with Gasteiger partial charge < -0.3 is 4.90 Å². The maximum absolute atomic E-state index is 13.4. The number of rotatable bonds is 3. The van der Waals surface area contributed by atoms with E-state index in [4.69, 9.17) is 0 Å². The number of sulfone groups is 1. The molecule has 2 aromatic rings. The summed E-state index contributed by atoms with van der Waals surface area (Å²) in [7, 11) is -3.57. The monoisotopic (exact) mass is 536 g/mol. The summed E-state index contributed by atoms with van der Waals surface area (Å²) in [6.45, 7) is 1.86. The van der Waals surface area contributed by atoms with Gasteiger partial charge in [-0.2, -0.15) is 31.3 Å². The van der Waals surface area contributed by atoms with Crippen LogP contribution in [0, 0.1) is 6.92 Å². The first kappa shape index (κ1) is 25.5. The third-order valence-electron chi connectivity index (χ3n) is 5.61. The van der Waals surface area contributed by atoms with Crippen molar-refractivity contribution in [3.63, 3.8) is 0 Å². The van der Waals surface area contributed by atoms with E-state index in [0.29, 0.717) is 17.7 Å². The number of alkyl halides is 6. The fourth-order valence-electron chi connectivity index (χ4n) is 3.97. The minimum Gasteiger partial charge on any atom is -0.316 e. The highest BCUT2D eigenvalue weighted by Gasteiger charge is 2.50. The number of anilines is 1. The highest BCUT2D eigenvalue weighted by Crippen LogP contribution is 2.44. The molecular formula is C22H18F6N2O3S2. The van der Waals surface area contributed by atoms with E-state index < -0.39 is 62.0 Å². The Morgan fingerprint density at radius 1 is 1.00 bits per heavy atom. The highest BCUT2D eigenvalue weighted by molar-refractivity contribution is 8.16. The van der Waals surface area contributed by atoms with Gasteiger partial charge in [0.25, 0.3) is 5.91 Å². The van der Waals surface area contributed by atoms with Gasteiger partial charge in [0.05, 0.1) is 35.1 Å². The molecule has 5 nitrogen and oxygen atoms in total. The second-order valence-electron chi connectivity index (χ2n) is 8.39. The largest absolute Gasteiger partial charge is 0.416 e. The molecule has 0 spiro atoms. The van der Waals surface area contributed by atoms with Crippen molar-refractivity contribution in [1.82, 2.24) is 0 Å². The van der Waals surface area contributed by atoms with Crippen molar-refractivity contribution < 1.29 is 39.6 Å². The van der Waals surface area contributed by atoms with Gasteiger partial charge in [-0.1, -0.05) is 41.6 Å². The van der Waals surface area contributed by atoms with Gasteiger partial charge in [-0.05, 0) is 30.7 Å². The lowest BCUT2D eigenvalue weighted by Crippen LogP contribution is -2.38. The van der Waals surface area contributed by atoms with Crippen molar-refractivity contribution in [1.29, 1.82) is 0 Å². The van der Waals surface area contributed by atoms with Crippen LogP contribution in [0.2, 0.25) is 0 Å². The molecule has 1 amide bonds. The molecule has 2 heterocycles. The SMILES string of the molecule is Cc1ccc(CC(=O)N=C2SC3CS(=O)(=O)CC3N2c2cc(C(F)(F)F)cc(C(F)(F)F)c2)cc1. The van der Waals surface area contributed by atoms with Crippen LogP contribution in [-0.4, -0.2) is 42.3 Å². The van der Waals surface area contributed by atoms with Crippen molar-refractivity contribution >= 4 is 38.4 Å². The van der Waals surface area contributed by atoms with Crippen LogP contribution >= 0.6 is 11.8 Å². The first-order chi connectivity index (χ1) is 16.1. The molecule has 2 unspecified atom stereocenters. The number of nitrogens with zero attached hydrogens (tertiary/aromatic N) is 2. The quantitative estimate of drug-likeness (QED) is 0.524. The second-order valence-corrected chi connectivity index (χ2v) is 11.7. The Bertz CT molecular complexity index is 1260. The molecule has 188 valence electrons. The van der Waals surface area contributed by atoms with Crippen LogP contribution in [0.3, 0.4) is 0 Å². The number of benzene rings is 2. The first-order valence-corrected chi connectivity index (χ1v) is 13.0. The fraction of sp³-hybridized carbons (Fsp3) is 0.364. The van der Waals surface area contributed by atoms with E-state index in [2.05, 4.69) is 4.99 Å². The topological polar surface area (TPSA) is 66.8 Å². The normalized spacial score (nSPS) is 23.1. The Morgan fingerprint density at radius 2 is 1.57 bits per heavy atom. The molecule has 2 saturated heterocycles. The van der Waals surface area contributed by atoms with Crippen molar-refractivity contribution in [2.75, 3.05) is 16.4 Å². The van der Waals surface area contributed by atoms with Crippen molar-refractivity contribution in [3.8, 4) is 0 Å². The number of hydrogen-bond acceptors (Lipinski definition) is 4. The number of aliphatic imine (C=N–C) groups is 1. The Hall–Kier alpha value is -2.54. The minimum absolute atomic E-state index is 0.00501. The molecule has 4 rings (SSSR count). The van der Waals surface area contributed by atoms with Gasteiger partial charge in [0.2, 0.25) is 0 Å². The summed E-state index contributed by atoms with van der Waals surface area (Å²) in [6, 6.07) is 7.04. The molecule has 2 fully saturated rings. The first-order valence-electron chi connectivity index (χ1n) is 10.3. The van der Waals surface area contributed by atoms with E-state index >= 15 is 0 Å². The molecule has 2 atom stereocenters.